The maximum atomic E-state index is 13.9. The van der Waals surface area contributed by atoms with Crippen LogP contribution in [0.5, 0.6) is 0 Å². The number of halogens is 1. The fraction of sp³-hybridized carbons (Fsp3) is 0. The highest BCUT2D eigenvalue weighted by atomic mass is 19.1. The summed E-state index contributed by atoms with van der Waals surface area (Å²) in [5.74, 6) is -0.395. The van der Waals surface area contributed by atoms with E-state index in [2.05, 4.69) is 6.07 Å². The van der Waals surface area contributed by atoms with Crippen LogP contribution in [-0.4, -0.2) is 4.57 Å². The van der Waals surface area contributed by atoms with E-state index >= 15 is 0 Å². The van der Waals surface area contributed by atoms with E-state index in [0.717, 1.165) is 11.4 Å². The molecule has 106 valence electrons. The van der Waals surface area contributed by atoms with Crippen LogP contribution in [0.2, 0.25) is 0 Å². The first kappa shape index (κ1) is 13.8. The summed E-state index contributed by atoms with van der Waals surface area (Å²) in [7, 11) is 0. The van der Waals surface area contributed by atoms with Crippen molar-refractivity contribution in [3.8, 4) is 11.8 Å². The lowest BCUT2D eigenvalue weighted by molar-refractivity contribution is 0.624. The number of hydrogen-bond acceptors (Lipinski definition) is 1. The lowest BCUT2D eigenvalue weighted by atomic mass is 10.1. The Hall–Kier alpha value is -3.12. The van der Waals surface area contributed by atoms with Gasteiger partial charge in [0.05, 0.1) is 11.6 Å². The van der Waals surface area contributed by atoms with Crippen LogP contribution in [0.15, 0.2) is 72.9 Å². The minimum absolute atomic E-state index is 0.300. The minimum Gasteiger partial charge on any atom is -0.317 e. The van der Waals surface area contributed by atoms with Gasteiger partial charge in [0.1, 0.15) is 5.82 Å². The van der Waals surface area contributed by atoms with Crippen molar-refractivity contribution in [3.63, 3.8) is 0 Å². The van der Waals surface area contributed by atoms with Gasteiger partial charge in [0, 0.05) is 23.1 Å². The molecule has 0 aliphatic heterocycles. The van der Waals surface area contributed by atoms with Crippen LogP contribution in [-0.2, 0) is 0 Å². The van der Waals surface area contributed by atoms with Gasteiger partial charge in [0.2, 0.25) is 0 Å². The Morgan fingerprint density at radius 2 is 1.68 bits per heavy atom. The van der Waals surface area contributed by atoms with Gasteiger partial charge in [0.15, 0.2) is 0 Å². The molecule has 1 aromatic heterocycles. The molecule has 22 heavy (non-hydrogen) atoms. The summed E-state index contributed by atoms with van der Waals surface area (Å²) in [6.45, 7) is 0. The molecule has 3 heteroatoms. The number of rotatable bonds is 3. The molecular formula is C19H13FN2. The molecule has 0 bridgehead atoms. The molecule has 0 aliphatic rings. The van der Waals surface area contributed by atoms with Crippen molar-refractivity contribution in [2.24, 2.45) is 0 Å². The van der Waals surface area contributed by atoms with Crippen molar-refractivity contribution in [1.29, 1.82) is 5.26 Å². The van der Waals surface area contributed by atoms with Crippen molar-refractivity contribution >= 4 is 11.6 Å². The zero-order chi connectivity index (χ0) is 15.4. The van der Waals surface area contributed by atoms with Gasteiger partial charge in [-0.05, 0) is 36.4 Å². The van der Waals surface area contributed by atoms with E-state index in [1.165, 1.54) is 6.07 Å². The van der Waals surface area contributed by atoms with Crippen LogP contribution in [0.1, 0.15) is 11.3 Å². The van der Waals surface area contributed by atoms with E-state index in [0.29, 0.717) is 11.1 Å². The first-order valence-electron chi connectivity index (χ1n) is 6.89. The number of benzene rings is 2. The lowest BCUT2D eigenvalue weighted by Crippen LogP contribution is -1.95. The quantitative estimate of drug-likeness (QED) is 0.643. The molecular weight excluding hydrogens is 275 g/mol. The number of para-hydroxylation sites is 1. The topological polar surface area (TPSA) is 28.7 Å². The fourth-order valence-corrected chi connectivity index (χ4v) is 2.33. The van der Waals surface area contributed by atoms with Gasteiger partial charge in [-0.3, -0.25) is 0 Å². The molecule has 0 atom stereocenters. The zero-order valence-electron chi connectivity index (χ0n) is 11.8. The molecule has 0 spiro atoms. The third-order valence-electron chi connectivity index (χ3n) is 3.39. The highest BCUT2D eigenvalue weighted by molar-refractivity contribution is 5.89. The average Bonchev–Trinajstić information content (AvgIpc) is 3.02. The molecule has 0 aliphatic carbocycles. The Labute approximate surface area is 128 Å². The molecule has 0 saturated carbocycles. The molecule has 2 aromatic carbocycles. The molecule has 3 aromatic rings. The normalized spacial score (nSPS) is 11.2. The number of nitriles is 1. The first-order chi connectivity index (χ1) is 10.8. The summed E-state index contributed by atoms with van der Waals surface area (Å²) in [6.07, 6.45) is 3.61. The Morgan fingerprint density at radius 3 is 2.41 bits per heavy atom. The van der Waals surface area contributed by atoms with Crippen LogP contribution < -0.4 is 0 Å². The van der Waals surface area contributed by atoms with Crippen LogP contribution in [0.25, 0.3) is 17.3 Å². The van der Waals surface area contributed by atoms with Crippen LogP contribution in [0.4, 0.5) is 4.39 Å². The van der Waals surface area contributed by atoms with Gasteiger partial charge in [-0.15, -0.1) is 0 Å². The van der Waals surface area contributed by atoms with Crippen molar-refractivity contribution in [2.75, 3.05) is 0 Å². The number of hydrogen-bond donors (Lipinski definition) is 0. The summed E-state index contributed by atoms with van der Waals surface area (Å²) in [5, 5.41) is 9.37. The number of allylic oxidation sites excluding steroid dienone is 1. The zero-order valence-corrected chi connectivity index (χ0v) is 11.8. The average molecular weight is 288 g/mol. The molecule has 2 nitrogen and oxygen atoms in total. The molecule has 3 rings (SSSR count). The third-order valence-corrected chi connectivity index (χ3v) is 3.39. The van der Waals surface area contributed by atoms with E-state index in [9.17, 15) is 9.65 Å². The summed E-state index contributed by atoms with van der Waals surface area (Å²) in [5.41, 5.74) is 2.43. The second-order valence-electron chi connectivity index (χ2n) is 4.79. The van der Waals surface area contributed by atoms with Crippen LogP contribution >= 0.6 is 0 Å². The van der Waals surface area contributed by atoms with Crippen LogP contribution in [0, 0.1) is 17.1 Å². The Kier molecular flexibility index (Phi) is 3.84. The van der Waals surface area contributed by atoms with Crippen molar-refractivity contribution < 1.29 is 4.39 Å². The lowest BCUT2D eigenvalue weighted by Gasteiger charge is -2.07. The smallest absolute Gasteiger partial charge is 0.131 e. The van der Waals surface area contributed by atoms with Gasteiger partial charge in [0.25, 0.3) is 0 Å². The van der Waals surface area contributed by atoms with Crippen molar-refractivity contribution in [2.45, 2.75) is 0 Å². The van der Waals surface area contributed by atoms with Gasteiger partial charge in [-0.1, -0.05) is 36.4 Å². The SMILES string of the molecule is N#CC(=Cc1cccn1-c1ccccc1)c1ccccc1F. The van der Waals surface area contributed by atoms with E-state index in [1.807, 2.05) is 53.2 Å². The number of nitrogens with zero attached hydrogens (tertiary/aromatic N) is 2. The van der Waals surface area contributed by atoms with E-state index in [4.69, 9.17) is 0 Å². The largest absolute Gasteiger partial charge is 0.317 e. The summed E-state index contributed by atoms with van der Waals surface area (Å²) in [6, 6.07) is 22.0. The molecule has 0 saturated heterocycles. The maximum absolute atomic E-state index is 13.9. The monoisotopic (exact) mass is 288 g/mol. The predicted molar refractivity (Wildman–Crippen MR) is 85.7 cm³/mol. The molecule has 0 N–H and O–H groups in total. The molecule has 1 heterocycles. The Bertz CT molecular complexity index is 854. The second kappa shape index (κ2) is 6.11. The van der Waals surface area contributed by atoms with E-state index < -0.39 is 5.82 Å². The fourth-order valence-electron chi connectivity index (χ4n) is 2.33. The van der Waals surface area contributed by atoms with Gasteiger partial charge in [-0.2, -0.15) is 5.26 Å². The van der Waals surface area contributed by atoms with Crippen LogP contribution in [0.3, 0.4) is 0 Å². The molecule has 0 radical (unpaired) electrons. The van der Waals surface area contributed by atoms with Gasteiger partial charge >= 0.3 is 0 Å². The highest BCUT2D eigenvalue weighted by Crippen LogP contribution is 2.22. The van der Waals surface area contributed by atoms with Gasteiger partial charge < -0.3 is 4.57 Å². The number of aromatic nitrogens is 1. The molecule has 0 amide bonds. The first-order valence-corrected chi connectivity index (χ1v) is 6.89. The summed E-state index contributed by atoms with van der Waals surface area (Å²) in [4.78, 5) is 0. The Morgan fingerprint density at radius 1 is 0.955 bits per heavy atom. The second-order valence-corrected chi connectivity index (χ2v) is 4.79. The maximum Gasteiger partial charge on any atom is 0.131 e. The molecule has 0 unspecified atom stereocenters. The Balaban J connectivity index is 2.08. The van der Waals surface area contributed by atoms with Crippen molar-refractivity contribution in [3.05, 3.63) is 90.0 Å². The standard InChI is InChI=1S/C19H13FN2/c20-19-11-5-4-10-18(19)15(14-21)13-17-9-6-12-22(17)16-7-2-1-3-8-16/h1-13H. The highest BCUT2D eigenvalue weighted by Gasteiger charge is 2.08. The summed E-state index contributed by atoms with van der Waals surface area (Å²) < 4.78 is 15.8. The van der Waals surface area contributed by atoms with Crippen molar-refractivity contribution in [1.82, 2.24) is 4.57 Å². The minimum atomic E-state index is -0.395. The van der Waals surface area contributed by atoms with Gasteiger partial charge in [-0.25, -0.2) is 4.39 Å². The van der Waals surface area contributed by atoms with E-state index in [-0.39, 0.29) is 0 Å². The predicted octanol–water partition coefficient (Wildman–Crippen LogP) is 4.68. The van der Waals surface area contributed by atoms with E-state index in [1.54, 1.807) is 24.3 Å². The molecule has 0 fully saturated rings. The summed E-state index contributed by atoms with van der Waals surface area (Å²) >= 11 is 0. The third kappa shape index (κ3) is 2.68.